The maximum atomic E-state index is 13.5. The van der Waals surface area contributed by atoms with Crippen molar-refractivity contribution >= 4 is 11.9 Å². The van der Waals surface area contributed by atoms with Crippen LogP contribution in [-0.2, 0) is 9.53 Å². The number of aromatic nitrogens is 1. The highest BCUT2D eigenvalue weighted by atomic mass is 19.1. The molecule has 0 unspecified atom stereocenters. The first-order chi connectivity index (χ1) is 9.63. The Bertz CT molecular complexity index is 507. The minimum Gasteiger partial charge on any atom is -0.469 e. The van der Waals surface area contributed by atoms with Crippen molar-refractivity contribution in [3.63, 3.8) is 0 Å². The van der Waals surface area contributed by atoms with E-state index in [2.05, 4.69) is 10.3 Å². The molecule has 1 aliphatic rings. The van der Waals surface area contributed by atoms with Crippen molar-refractivity contribution in [1.29, 1.82) is 0 Å². The topological polar surface area (TPSA) is 68.3 Å². The number of nitrogens with zero attached hydrogens (tertiary/aromatic N) is 1. The van der Waals surface area contributed by atoms with Crippen LogP contribution < -0.4 is 5.32 Å². The highest BCUT2D eigenvalue weighted by Gasteiger charge is 2.33. The molecule has 1 N–H and O–H groups in total. The summed E-state index contributed by atoms with van der Waals surface area (Å²) >= 11 is 0. The summed E-state index contributed by atoms with van der Waals surface area (Å²) in [5, 5.41) is 2.73. The molecule has 0 radical (unpaired) electrons. The average Bonchev–Trinajstić information content (AvgIpc) is 2.47. The Kier molecular flexibility index (Phi) is 4.65. The van der Waals surface area contributed by atoms with Gasteiger partial charge in [-0.15, -0.1) is 0 Å². The number of carbonyl (C=O) groups is 2. The van der Waals surface area contributed by atoms with Gasteiger partial charge in [-0.3, -0.25) is 14.6 Å². The predicted molar refractivity (Wildman–Crippen MR) is 69.4 cm³/mol. The van der Waals surface area contributed by atoms with Crippen LogP contribution >= 0.6 is 0 Å². The molecule has 1 fully saturated rings. The maximum absolute atomic E-state index is 13.5. The summed E-state index contributed by atoms with van der Waals surface area (Å²) in [5.41, 5.74) is -0.0609. The highest BCUT2D eigenvalue weighted by molar-refractivity contribution is 5.94. The van der Waals surface area contributed by atoms with Gasteiger partial charge in [-0.2, -0.15) is 0 Å². The lowest BCUT2D eigenvalue weighted by molar-refractivity contribution is -0.147. The molecule has 0 bridgehead atoms. The number of esters is 1. The van der Waals surface area contributed by atoms with Gasteiger partial charge in [0.15, 0.2) is 5.82 Å². The third kappa shape index (κ3) is 3.12. The van der Waals surface area contributed by atoms with E-state index in [1.54, 1.807) is 0 Å². The fraction of sp³-hybridized carbons (Fsp3) is 0.500. The van der Waals surface area contributed by atoms with Crippen molar-refractivity contribution in [3.8, 4) is 0 Å². The lowest BCUT2D eigenvalue weighted by Gasteiger charge is -2.30. The maximum Gasteiger partial charge on any atom is 0.310 e. The molecule has 0 aliphatic heterocycles. The van der Waals surface area contributed by atoms with Gasteiger partial charge in [-0.25, -0.2) is 4.39 Å². The van der Waals surface area contributed by atoms with Gasteiger partial charge in [0.25, 0.3) is 5.91 Å². The Morgan fingerprint density at radius 1 is 1.40 bits per heavy atom. The van der Waals surface area contributed by atoms with Crippen LogP contribution in [-0.4, -0.2) is 30.0 Å². The van der Waals surface area contributed by atoms with Crippen LogP contribution in [0, 0.1) is 11.7 Å². The minimum atomic E-state index is -0.671. The summed E-state index contributed by atoms with van der Waals surface area (Å²) < 4.78 is 18.3. The Balaban J connectivity index is 2.09. The number of rotatable bonds is 3. The fourth-order valence-electron chi connectivity index (χ4n) is 2.54. The van der Waals surface area contributed by atoms with Gasteiger partial charge in [0.2, 0.25) is 0 Å². The monoisotopic (exact) mass is 280 g/mol. The zero-order valence-electron chi connectivity index (χ0n) is 11.3. The quantitative estimate of drug-likeness (QED) is 0.855. The largest absolute Gasteiger partial charge is 0.469 e. The first-order valence-corrected chi connectivity index (χ1v) is 6.61. The lowest BCUT2D eigenvalue weighted by atomic mass is 9.84. The van der Waals surface area contributed by atoms with Gasteiger partial charge in [0.1, 0.15) is 0 Å². The summed E-state index contributed by atoms with van der Waals surface area (Å²) in [6.45, 7) is 0. The van der Waals surface area contributed by atoms with Gasteiger partial charge < -0.3 is 10.1 Å². The van der Waals surface area contributed by atoms with E-state index in [1.165, 1.54) is 19.4 Å². The molecule has 2 rings (SSSR count). The van der Waals surface area contributed by atoms with E-state index in [9.17, 15) is 14.0 Å². The summed E-state index contributed by atoms with van der Waals surface area (Å²) in [6, 6.07) is 1.01. The van der Waals surface area contributed by atoms with Crippen molar-refractivity contribution in [2.75, 3.05) is 7.11 Å². The molecule has 1 aliphatic carbocycles. The Morgan fingerprint density at radius 3 is 2.85 bits per heavy atom. The molecule has 5 nitrogen and oxygen atoms in total. The van der Waals surface area contributed by atoms with Gasteiger partial charge in [-0.1, -0.05) is 12.8 Å². The number of carbonyl (C=O) groups excluding carboxylic acids is 2. The SMILES string of the molecule is COC(=O)[C@@H]1CCCC[C@H]1NC(=O)c1ccncc1F. The Hall–Kier alpha value is -1.98. The summed E-state index contributed by atoms with van der Waals surface area (Å²) in [7, 11) is 1.33. The van der Waals surface area contributed by atoms with Gasteiger partial charge in [0.05, 0.1) is 24.8 Å². The minimum absolute atomic E-state index is 0.0609. The van der Waals surface area contributed by atoms with Crippen molar-refractivity contribution in [2.45, 2.75) is 31.7 Å². The molecule has 0 aromatic carbocycles. The van der Waals surface area contributed by atoms with Crippen molar-refractivity contribution < 1.29 is 18.7 Å². The molecule has 1 saturated carbocycles. The molecule has 6 heteroatoms. The van der Waals surface area contributed by atoms with Crippen LogP contribution in [0.4, 0.5) is 4.39 Å². The highest BCUT2D eigenvalue weighted by Crippen LogP contribution is 2.25. The average molecular weight is 280 g/mol. The predicted octanol–water partition coefficient (Wildman–Crippen LogP) is 1.68. The van der Waals surface area contributed by atoms with Crippen molar-refractivity contribution in [3.05, 3.63) is 29.8 Å². The Labute approximate surface area is 116 Å². The first kappa shape index (κ1) is 14.4. The molecule has 1 aromatic rings. The number of halogens is 1. The standard InChI is InChI=1S/C14H17FN2O3/c1-20-14(19)10-4-2-3-5-12(10)17-13(18)9-6-7-16-8-11(9)15/h6-8,10,12H,2-5H2,1H3,(H,17,18)/t10-,12-/m1/s1. The van der Waals surface area contributed by atoms with E-state index < -0.39 is 11.7 Å². The third-order valence-corrected chi connectivity index (χ3v) is 3.60. The number of hydrogen-bond acceptors (Lipinski definition) is 4. The van der Waals surface area contributed by atoms with Crippen molar-refractivity contribution in [2.24, 2.45) is 5.92 Å². The normalized spacial score (nSPS) is 22.1. The van der Waals surface area contributed by atoms with E-state index >= 15 is 0 Å². The lowest BCUT2D eigenvalue weighted by Crippen LogP contribution is -2.45. The molecule has 20 heavy (non-hydrogen) atoms. The van der Waals surface area contributed by atoms with Crippen LogP contribution in [0.15, 0.2) is 18.5 Å². The van der Waals surface area contributed by atoms with Crippen molar-refractivity contribution in [1.82, 2.24) is 10.3 Å². The first-order valence-electron chi connectivity index (χ1n) is 6.61. The number of nitrogens with one attached hydrogen (secondary N) is 1. The second-order valence-electron chi connectivity index (χ2n) is 4.85. The number of pyridine rings is 1. The van der Waals surface area contributed by atoms with Crippen LogP contribution in [0.25, 0.3) is 0 Å². The zero-order valence-corrected chi connectivity index (χ0v) is 11.3. The molecular weight excluding hydrogens is 263 g/mol. The van der Waals surface area contributed by atoms with Gasteiger partial charge in [0, 0.05) is 12.2 Å². The number of hydrogen-bond donors (Lipinski definition) is 1. The second-order valence-corrected chi connectivity index (χ2v) is 4.85. The summed E-state index contributed by atoms with van der Waals surface area (Å²) in [6.07, 6.45) is 5.58. The molecule has 0 saturated heterocycles. The van der Waals surface area contributed by atoms with E-state index in [1.807, 2.05) is 0 Å². The van der Waals surface area contributed by atoms with E-state index in [-0.39, 0.29) is 23.5 Å². The Morgan fingerprint density at radius 2 is 2.15 bits per heavy atom. The van der Waals surface area contributed by atoms with Crippen LogP contribution in [0.1, 0.15) is 36.0 Å². The van der Waals surface area contributed by atoms with E-state index in [0.717, 1.165) is 19.0 Å². The summed E-state index contributed by atoms with van der Waals surface area (Å²) in [4.78, 5) is 27.4. The fourth-order valence-corrected chi connectivity index (χ4v) is 2.54. The third-order valence-electron chi connectivity index (χ3n) is 3.60. The molecule has 1 aromatic heterocycles. The molecule has 2 atom stereocenters. The number of methoxy groups -OCH3 is 1. The molecular formula is C14H17FN2O3. The number of ether oxygens (including phenoxy) is 1. The molecule has 108 valence electrons. The van der Waals surface area contributed by atoms with E-state index in [4.69, 9.17) is 4.74 Å². The van der Waals surface area contributed by atoms with Gasteiger partial charge >= 0.3 is 5.97 Å². The van der Waals surface area contributed by atoms with Crippen LogP contribution in [0.2, 0.25) is 0 Å². The zero-order chi connectivity index (χ0) is 14.5. The van der Waals surface area contributed by atoms with Crippen LogP contribution in [0.3, 0.4) is 0 Å². The molecule has 1 amide bonds. The van der Waals surface area contributed by atoms with Crippen LogP contribution in [0.5, 0.6) is 0 Å². The molecule has 1 heterocycles. The second kappa shape index (κ2) is 6.45. The smallest absolute Gasteiger partial charge is 0.310 e. The van der Waals surface area contributed by atoms with Gasteiger partial charge in [-0.05, 0) is 18.9 Å². The van der Waals surface area contributed by atoms with E-state index in [0.29, 0.717) is 12.8 Å². The number of amides is 1. The summed E-state index contributed by atoms with van der Waals surface area (Å²) in [5.74, 6) is -1.88. The molecule has 0 spiro atoms.